The third-order valence-corrected chi connectivity index (χ3v) is 6.54. The van der Waals surface area contributed by atoms with E-state index >= 15 is 0 Å². The van der Waals surface area contributed by atoms with Crippen LogP contribution in [-0.4, -0.2) is 64.0 Å². The molecule has 1 saturated carbocycles. The molecule has 0 unspecified atom stereocenters. The molecular weight excluding hydrogens is 440 g/mol. The molecule has 5 rings (SSSR count). The third kappa shape index (κ3) is 4.80. The Morgan fingerprint density at radius 1 is 1.09 bits per heavy atom. The fourth-order valence-corrected chi connectivity index (χ4v) is 4.66. The minimum atomic E-state index is -4.66. The second kappa shape index (κ2) is 8.55. The van der Waals surface area contributed by atoms with Crippen LogP contribution in [0, 0.1) is 5.82 Å². The number of halogens is 4. The summed E-state index contributed by atoms with van der Waals surface area (Å²) in [6.07, 6.45) is 2.32. The molecule has 1 aromatic heterocycles. The maximum Gasteiger partial charge on any atom is 0.416 e. The number of hydrogen-bond acceptors (Lipinski definition) is 5. The van der Waals surface area contributed by atoms with Crippen molar-refractivity contribution in [2.45, 2.75) is 49.9 Å². The van der Waals surface area contributed by atoms with Gasteiger partial charge in [-0.15, -0.1) is 0 Å². The van der Waals surface area contributed by atoms with E-state index in [0.717, 1.165) is 37.2 Å². The number of amides is 1. The summed E-state index contributed by atoms with van der Waals surface area (Å²) in [5.41, 5.74) is -0.455. The molecule has 33 heavy (non-hydrogen) atoms. The summed E-state index contributed by atoms with van der Waals surface area (Å²) in [6, 6.07) is 2.08. The average molecular weight is 464 g/mol. The van der Waals surface area contributed by atoms with Crippen molar-refractivity contribution in [3.63, 3.8) is 0 Å². The molecule has 10 heteroatoms. The largest absolute Gasteiger partial charge is 0.472 e. The predicted octanol–water partition coefficient (Wildman–Crippen LogP) is 3.88. The number of benzene rings is 1. The fourth-order valence-electron chi connectivity index (χ4n) is 4.66. The van der Waals surface area contributed by atoms with Crippen LogP contribution in [0.3, 0.4) is 0 Å². The van der Waals surface area contributed by atoms with Gasteiger partial charge in [0.1, 0.15) is 11.9 Å². The number of alkyl halides is 3. The van der Waals surface area contributed by atoms with Crippen LogP contribution in [0.1, 0.15) is 53.2 Å². The number of ether oxygens (including phenoxy) is 1. The minimum absolute atomic E-state index is 0.0256. The van der Waals surface area contributed by atoms with E-state index in [1.165, 1.54) is 4.90 Å². The number of fused-ring (bicyclic) bond motifs is 1. The lowest BCUT2D eigenvalue weighted by atomic mass is 10.1. The highest BCUT2D eigenvalue weighted by atomic mass is 19.4. The first-order valence-electron chi connectivity index (χ1n) is 11.2. The Hall–Kier alpha value is -2.75. The molecule has 2 aromatic rings. The normalized spacial score (nSPS) is 23.8. The number of carbonyl (C=O) groups is 1. The molecule has 1 amide bonds. The van der Waals surface area contributed by atoms with E-state index in [-0.39, 0.29) is 17.7 Å². The molecule has 1 aliphatic carbocycles. The van der Waals surface area contributed by atoms with Gasteiger partial charge in [-0.1, -0.05) is 0 Å². The lowest BCUT2D eigenvalue weighted by Gasteiger charge is -2.25. The lowest BCUT2D eigenvalue weighted by Crippen LogP contribution is -2.40. The van der Waals surface area contributed by atoms with Crippen LogP contribution in [0.2, 0.25) is 0 Å². The Kier molecular flexibility index (Phi) is 5.72. The van der Waals surface area contributed by atoms with Crippen LogP contribution in [0.25, 0.3) is 0 Å². The number of aromatic nitrogens is 2. The second-order valence-corrected chi connectivity index (χ2v) is 8.98. The van der Waals surface area contributed by atoms with Gasteiger partial charge in [0, 0.05) is 44.6 Å². The zero-order valence-corrected chi connectivity index (χ0v) is 17.9. The van der Waals surface area contributed by atoms with Crippen LogP contribution < -0.4 is 4.74 Å². The Balaban J connectivity index is 1.23. The van der Waals surface area contributed by atoms with Gasteiger partial charge in [0.05, 0.1) is 29.2 Å². The van der Waals surface area contributed by atoms with Crippen LogP contribution >= 0.6 is 0 Å². The first-order valence-corrected chi connectivity index (χ1v) is 11.2. The highest BCUT2D eigenvalue weighted by Gasteiger charge is 2.38. The molecule has 176 valence electrons. The van der Waals surface area contributed by atoms with Gasteiger partial charge in [-0.25, -0.2) is 9.37 Å². The number of carbonyl (C=O) groups excluding carboxylic acids is 1. The SMILES string of the molecule is O=C(c1ccc(C(F)(F)F)cc1F)N1CCCN2C[C@H](Oc3cnc(C4CC4)cn3)C[C@H]2C1. The molecule has 0 radical (unpaired) electrons. The summed E-state index contributed by atoms with van der Waals surface area (Å²) in [5.74, 6) is -0.749. The standard InChI is InChI=1S/C23H24F4N4O2/c24-19-8-15(23(25,26)27)4-5-18(19)22(32)31-7-1-6-30-13-17(9-16(30)12-31)33-21-11-28-20(10-29-21)14-2-3-14/h4-5,8,10-11,14,16-17H,1-3,6-7,9,12-13H2/t16-,17+/m0/s1. The van der Waals surface area contributed by atoms with Crippen molar-refractivity contribution >= 4 is 5.91 Å². The number of rotatable bonds is 4. The van der Waals surface area contributed by atoms with Crippen molar-refractivity contribution in [2.24, 2.45) is 0 Å². The summed E-state index contributed by atoms with van der Waals surface area (Å²) in [7, 11) is 0. The van der Waals surface area contributed by atoms with Crippen LogP contribution in [-0.2, 0) is 6.18 Å². The molecule has 2 saturated heterocycles. The van der Waals surface area contributed by atoms with Crippen LogP contribution in [0.4, 0.5) is 17.6 Å². The van der Waals surface area contributed by atoms with Crippen molar-refractivity contribution in [1.29, 1.82) is 0 Å². The molecule has 2 aliphatic heterocycles. The molecule has 2 atom stereocenters. The summed E-state index contributed by atoms with van der Waals surface area (Å²) in [6.45, 7) is 2.24. The highest BCUT2D eigenvalue weighted by molar-refractivity contribution is 5.94. The van der Waals surface area contributed by atoms with Crippen molar-refractivity contribution in [2.75, 3.05) is 26.2 Å². The smallest absolute Gasteiger partial charge is 0.416 e. The highest BCUT2D eigenvalue weighted by Crippen LogP contribution is 2.38. The van der Waals surface area contributed by atoms with Gasteiger partial charge in [0.25, 0.3) is 5.91 Å². The summed E-state index contributed by atoms with van der Waals surface area (Å²) >= 11 is 0. The van der Waals surface area contributed by atoms with Crippen molar-refractivity contribution < 1.29 is 27.1 Å². The third-order valence-electron chi connectivity index (χ3n) is 6.54. The van der Waals surface area contributed by atoms with E-state index in [1.54, 1.807) is 12.4 Å². The van der Waals surface area contributed by atoms with Gasteiger partial charge in [0.2, 0.25) is 5.88 Å². The van der Waals surface area contributed by atoms with Gasteiger partial charge in [0.15, 0.2) is 0 Å². The Labute approximate surface area is 188 Å². The minimum Gasteiger partial charge on any atom is -0.472 e. The van der Waals surface area contributed by atoms with Gasteiger partial charge >= 0.3 is 6.18 Å². The summed E-state index contributed by atoms with van der Waals surface area (Å²) in [4.78, 5) is 25.5. The van der Waals surface area contributed by atoms with Gasteiger partial charge in [-0.3, -0.25) is 14.7 Å². The van der Waals surface area contributed by atoms with E-state index in [2.05, 4.69) is 14.9 Å². The molecule has 3 heterocycles. The Morgan fingerprint density at radius 3 is 2.58 bits per heavy atom. The fraction of sp³-hybridized carbons (Fsp3) is 0.522. The average Bonchev–Trinajstić information content (AvgIpc) is 3.58. The first kappa shape index (κ1) is 22.1. The van der Waals surface area contributed by atoms with Crippen molar-refractivity contribution in [1.82, 2.24) is 19.8 Å². The van der Waals surface area contributed by atoms with Gasteiger partial charge < -0.3 is 9.64 Å². The molecule has 0 N–H and O–H groups in total. The maximum atomic E-state index is 14.4. The molecule has 1 aromatic carbocycles. The summed E-state index contributed by atoms with van der Waals surface area (Å²) in [5, 5.41) is 0. The van der Waals surface area contributed by atoms with Crippen molar-refractivity contribution in [3.8, 4) is 5.88 Å². The van der Waals surface area contributed by atoms with E-state index in [4.69, 9.17) is 4.74 Å². The van der Waals surface area contributed by atoms with E-state index in [9.17, 15) is 22.4 Å². The van der Waals surface area contributed by atoms with Gasteiger partial charge in [-0.2, -0.15) is 13.2 Å². The Morgan fingerprint density at radius 2 is 1.91 bits per heavy atom. The monoisotopic (exact) mass is 464 g/mol. The second-order valence-electron chi connectivity index (χ2n) is 8.98. The van der Waals surface area contributed by atoms with Crippen LogP contribution in [0.5, 0.6) is 5.88 Å². The quantitative estimate of drug-likeness (QED) is 0.643. The molecule has 3 aliphatic rings. The van der Waals surface area contributed by atoms with Crippen molar-refractivity contribution in [3.05, 3.63) is 53.2 Å². The summed E-state index contributed by atoms with van der Waals surface area (Å²) < 4.78 is 58.8. The number of nitrogens with zero attached hydrogens (tertiary/aromatic N) is 4. The Bertz CT molecular complexity index is 1030. The number of hydrogen-bond donors (Lipinski definition) is 0. The molecule has 6 nitrogen and oxygen atoms in total. The molecule has 0 bridgehead atoms. The molecular formula is C23H24F4N4O2. The maximum absolute atomic E-state index is 14.4. The first-order chi connectivity index (χ1) is 15.8. The zero-order valence-electron chi connectivity index (χ0n) is 17.9. The molecule has 3 fully saturated rings. The van der Waals surface area contributed by atoms with E-state index in [0.29, 0.717) is 50.3 Å². The topological polar surface area (TPSA) is 58.6 Å². The predicted molar refractivity (Wildman–Crippen MR) is 110 cm³/mol. The van der Waals surface area contributed by atoms with Crippen LogP contribution in [0.15, 0.2) is 30.6 Å². The zero-order chi connectivity index (χ0) is 23.2. The lowest BCUT2D eigenvalue weighted by molar-refractivity contribution is -0.137. The molecule has 0 spiro atoms. The van der Waals surface area contributed by atoms with E-state index < -0.39 is 23.5 Å². The van der Waals surface area contributed by atoms with E-state index in [1.807, 2.05) is 0 Å². The van der Waals surface area contributed by atoms with Gasteiger partial charge in [-0.05, 0) is 37.5 Å².